The Bertz CT molecular complexity index is 671. The van der Waals surface area contributed by atoms with Crippen LogP contribution >= 0.6 is 0 Å². The van der Waals surface area contributed by atoms with E-state index in [2.05, 4.69) is 16.9 Å². The van der Waals surface area contributed by atoms with Crippen molar-refractivity contribution in [3.05, 3.63) is 12.1 Å². The summed E-state index contributed by atoms with van der Waals surface area (Å²) in [5.41, 5.74) is 0.847. The molecule has 0 spiro atoms. The van der Waals surface area contributed by atoms with Gasteiger partial charge in [-0.15, -0.1) is 0 Å². The predicted molar refractivity (Wildman–Crippen MR) is 95.1 cm³/mol. The molecule has 23 heavy (non-hydrogen) atoms. The Morgan fingerprint density at radius 1 is 1.00 bits per heavy atom. The van der Waals surface area contributed by atoms with Gasteiger partial charge in [0.15, 0.2) is 11.5 Å². The minimum atomic E-state index is 0.671. The maximum Gasteiger partial charge on any atom is 0.227 e. The predicted octanol–water partition coefficient (Wildman–Crippen LogP) is 2.95. The summed E-state index contributed by atoms with van der Waals surface area (Å²) in [6, 6.07) is 3.89. The molecule has 1 aromatic carbocycles. The van der Waals surface area contributed by atoms with Crippen LogP contribution in [0.5, 0.6) is 11.5 Å². The number of ether oxygens (including phenoxy) is 2. The number of unbranched alkanes of at least 4 members (excludes halogenated alkanes) is 1. The molecule has 6 heteroatoms. The number of nitrogens with zero attached hydrogens (tertiary/aromatic N) is 4. The third-order valence-electron chi connectivity index (χ3n) is 3.53. The standard InChI is InChI=1S/C17H26N4O2/c1-7-8-9-23-15-11-13-12(10-14(15)22-6)16(20(2)3)19-17(18-13)21(4)5/h10-11H,7-9H2,1-6H3. The molecule has 1 aromatic heterocycles. The fraction of sp³-hybridized carbons (Fsp3) is 0.529. The smallest absolute Gasteiger partial charge is 0.227 e. The first-order valence-corrected chi connectivity index (χ1v) is 7.85. The van der Waals surface area contributed by atoms with E-state index in [9.17, 15) is 0 Å². The SMILES string of the molecule is CCCCOc1cc2nc(N(C)C)nc(N(C)C)c2cc1OC. The molecule has 0 fully saturated rings. The van der Waals surface area contributed by atoms with E-state index in [-0.39, 0.29) is 0 Å². The van der Waals surface area contributed by atoms with Gasteiger partial charge in [0.2, 0.25) is 5.95 Å². The lowest BCUT2D eigenvalue weighted by molar-refractivity contribution is 0.289. The number of hydrogen-bond donors (Lipinski definition) is 0. The van der Waals surface area contributed by atoms with Crippen molar-refractivity contribution < 1.29 is 9.47 Å². The van der Waals surface area contributed by atoms with E-state index < -0.39 is 0 Å². The van der Waals surface area contributed by atoms with Gasteiger partial charge in [0, 0.05) is 39.6 Å². The molecule has 0 amide bonds. The van der Waals surface area contributed by atoms with Crippen molar-refractivity contribution in [3.8, 4) is 11.5 Å². The van der Waals surface area contributed by atoms with Crippen molar-refractivity contribution in [1.82, 2.24) is 9.97 Å². The highest BCUT2D eigenvalue weighted by molar-refractivity contribution is 5.93. The van der Waals surface area contributed by atoms with Crippen LogP contribution in [0.25, 0.3) is 10.9 Å². The molecule has 0 saturated carbocycles. The Labute approximate surface area is 138 Å². The topological polar surface area (TPSA) is 50.7 Å². The van der Waals surface area contributed by atoms with Crippen LogP contribution in [-0.4, -0.2) is 51.9 Å². The summed E-state index contributed by atoms with van der Waals surface area (Å²) in [5.74, 6) is 2.96. The fourth-order valence-corrected chi connectivity index (χ4v) is 2.25. The van der Waals surface area contributed by atoms with Gasteiger partial charge >= 0.3 is 0 Å². The summed E-state index contributed by atoms with van der Waals surface area (Å²) in [6.45, 7) is 2.81. The number of rotatable bonds is 7. The first-order valence-electron chi connectivity index (χ1n) is 7.85. The van der Waals surface area contributed by atoms with Crippen LogP contribution in [0.15, 0.2) is 12.1 Å². The minimum Gasteiger partial charge on any atom is -0.493 e. The van der Waals surface area contributed by atoms with Crippen LogP contribution in [0.3, 0.4) is 0 Å². The van der Waals surface area contributed by atoms with Gasteiger partial charge in [-0.05, 0) is 12.5 Å². The van der Waals surface area contributed by atoms with E-state index in [0.29, 0.717) is 18.3 Å². The molecule has 1 heterocycles. The van der Waals surface area contributed by atoms with Crippen molar-refractivity contribution in [2.75, 3.05) is 51.7 Å². The van der Waals surface area contributed by atoms with Gasteiger partial charge in [0.1, 0.15) is 5.82 Å². The lowest BCUT2D eigenvalue weighted by Crippen LogP contribution is -2.17. The normalized spacial score (nSPS) is 10.7. The highest BCUT2D eigenvalue weighted by Gasteiger charge is 2.15. The van der Waals surface area contributed by atoms with Crippen LogP contribution in [0.4, 0.5) is 11.8 Å². The van der Waals surface area contributed by atoms with Crippen LogP contribution in [0, 0.1) is 0 Å². The number of hydrogen-bond acceptors (Lipinski definition) is 6. The molecule has 0 radical (unpaired) electrons. The molecule has 6 nitrogen and oxygen atoms in total. The molecule has 2 aromatic rings. The lowest BCUT2D eigenvalue weighted by Gasteiger charge is -2.19. The van der Waals surface area contributed by atoms with Gasteiger partial charge < -0.3 is 19.3 Å². The molecule has 0 aliphatic carbocycles. The highest BCUT2D eigenvalue weighted by atomic mass is 16.5. The van der Waals surface area contributed by atoms with E-state index in [1.807, 2.05) is 50.1 Å². The third kappa shape index (κ3) is 3.75. The molecule has 0 atom stereocenters. The summed E-state index contributed by atoms with van der Waals surface area (Å²) < 4.78 is 11.4. The van der Waals surface area contributed by atoms with Crippen molar-refractivity contribution in [2.45, 2.75) is 19.8 Å². The summed E-state index contributed by atoms with van der Waals surface area (Å²) in [5, 5.41) is 0.945. The number of fused-ring (bicyclic) bond motifs is 1. The molecule has 0 aliphatic heterocycles. The molecule has 0 N–H and O–H groups in total. The Balaban J connectivity index is 2.58. The molecule has 0 bridgehead atoms. The average Bonchev–Trinajstić information content (AvgIpc) is 2.52. The van der Waals surface area contributed by atoms with Crippen molar-refractivity contribution in [2.24, 2.45) is 0 Å². The van der Waals surface area contributed by atoms with Gasteiger partial charge in [0.25, 0.3) is 0 Å². The zero-order valence-electron chi connectivity index (χ0n) is 14.9. The monoisotopic (exact) mass is 318 g/mol. The van der Waals surface area contributed by atoms with E-state index in [1.165, 1.54) is 0 Å². The van der Waals surface area contributed by atoms with Gasteiger partial charge in [0.05, 0.1) is 19.2 Å². The van der Waals surface area contributed by atoms with Crippen LogP contribution in [0.1, 0.15) is 19.8 Å². The fourth-order valence-electron chi connectivity index (χ4n) is 2.25. The van der Waals surface area contributed by atoms with Crippen LogP contribution in [-0.2, 0) is 0 Å². The van der Waals surface area contributed by atoms with Gasteiger partial charge in [-0.1, -0.05) is 13.3 Å². The van der Waals surface area contributed by atoms with Crippen LogP contribution in [0.2, 0.25) is 0 Å². The number of benzene rings is 1. The maximum atomic E-state index is 5.86. The van der Waals surface area contributed by atoms with E-state index in [1.54, 1.807) is 7.11 Å². The first kappa shape index (κ1) is 17.1. The molecular formula is C17H26N4O2. The molecule has 2 rings (SSSR count). The summed E-state index contributed by atoms with van der Waals surface area (Å²) >= 11 is 0. The first-order chi connectivity index (χ1) is 11.0. The Morgan fingerprint density at radius 3 is 2.30 bits per heavy atom. The Hall–Kier alpha value is -2.24. The Morgan fingerprint density at radius 2 is 1.74 bits per heavy atom. The van der Waals surface area contributed by atoms with Gasteiger partial charge in [-0.2, -0.15) is 4.98 Å². The van der Waals surface area contributed by atoms with E-state index in [0.717, 1.165) is 35.3 Å². The van der Waals surface area contributed by atoms with Gasteiger partial charge in [-0.3, -0.25) is 0 Å². The third-order valence-corrected chi connectivity index (χ3v) is 3.53. The number of aromatic nitrogens is 2. The largest absolute Gasteiger partial charge is 0.493 e. The minimum absolute atomic E-state index is 0.671. The second-order valence-corrected chi connectivity index (χ2v) is 5.86. The second-order valence-electron chi connectivity index (χ2n) is 5.86. The average molecular weight is 318 g/mol. The number of methoxy groups -OCH3 is 1. The number of anilines is 2. The van der Waals surface area contributed by atoms with Crippen molar-refractivity contribution in [3.63, 3.8) is 0 Å². The van der Waals surface area contributed by atoms with Crippen molar-refractivity contribution >= 4 is 22.7 Å². The summed E-state index contributed by atoms with van der Waals surface area (Å²) in [7, 11) is 9.46. The molecule has 0 saturated heterocycles. The molecule has 0 unspecified atom stereocenters. The summed E-state index contributed by atoms with van der Waals surface area (Å²) in [6.07, 6.45) is 2.10. The Kier molecular flexibility index (Phi) is 5.47. The zero-order chi connectivity index (χ0) is 17.0. The molecule has 126 valence electrons. The van der Waals surface area contributed by atoms with E-state index in [4.69, 9.17) is 9.47 Å². The maximum absolute atomic E-state index is 5.86. The molecule has 0 aliphatic rings. The molecular weight excluding hydrogens is 292 g/mol. The van der Waals surface area contributed by atoms with E-state index >= 15 is 0 Å². The zero-order valence-corrected chi connectivity index (χ0v) is 14.9. The van der Waals surface area contributed by atoms with Crippen LogP contribution < -0.4 is 19.3 Å². The van der Waals surface area contributed by atoms with Gasteiger partial charge in [-0.25, -0.2) is 4.98 Å². The lowest BCUT2D eigenvalue weighted by atomic mass is 10.2. The summed E-state index contributed by atoms with van der Waals surface area (Å²) in [4.78, 5) is 13.1. The quantitative estimate of drug-likeness (QED) is 0.732. The highest BCUT2D eigenvalue weighted by Crippen LogP contribution is 2.35. The van der Waals surface area contributed by atoms with Crippen molar-refractivity contribution in [1.29, 1.82) is 0 Å². The second kappa shape index (κ2) is 7.35.